The first kappa shape index (κ1) is 21.6. The summed E-state index contributed by atoms with van der Waals surface area (Å²) in [6.07, 6.45) is -0.662. The number of pyridine rings is 2. The number of fused-ring (bicyclic) bond motifs is 1. The van der Waals surface area contributed by atoms with Crippen LogP contribution in [0.2, 0.25) is 0 Å². The monoisotopic (exact) mass is 446 g/mol. The Bertz CT molecular complexity index is 1170. The number of hydrogen-bond acceptors (Lipinski definition) is 6. The van der Waals surface area contributed by atoms with Crippen molar-refractivity contribution in [2.75, 3.05) is 11.4 Å². The van der Waals surface area contributed by atoms with Crippen molar-refractivity contribution in [1.82, 2.24) is 25.5 Å². The van der Waals surface area contributed by atoms with Gasteiger partial charge in [0.15, 0.2) is 11.5 Å². The maximum Gasteiger partial charge on any atom is 0.417 e. The first-order valence-electron chi connectivity index (χ1n) is 9.73. The number of halogens is 4. The number of aryl methyl sites for hydroxylation is 1. The number of anilines is 1. The first-order valence-corrected chi connectivity index (χ1v) is 9.73. The van der Waals surface area contributed by atoms with Gasteiger partial charge in [-0.3, -0.25) is 14.8 Å². The number of amides is 1. The molecule has 0 aliphatic carbocycles. The third kappa shape index (κ3) is 4.51. The first-order chi connectivity index (χ1) is 15.2. The van der Waals surface area contributed by atoms with Crippen LogP contribution >= 0.6 is 0 Å². The van der Waals surface area contributed by atoms with Crippen LogP contribution < -0.4 is 10.2 Å². The average molecular weight is 446 g/mol. The molecule has 0 fully saturated rings. The van der Waals surface area contributed by atoms with Crippen LogP contribution in [-0.2, 0) is 25.7 Å². The normalized spacial score (nSPS) is 13.6. The molecule has 0 atom stereocenters. The molecule has 1 amide bonds. The number of carbonyl (C=O) groups excluding carboxylic acids is 1. The molecule has 0 spiro atoms. The molecule has 1 aliphatic heterocycles. The zero-order valence-corrected chi connectivity index (χ0v) is 16.9. The van der Waals surface area contributed by atoms with Crippen molar-refractivity contribution in [1.29, 1.82) is 0 Å². The Morgan fingerprint density at radius 2 is 2.03 bits per heavy atom. The second-order valence-electron chi connectivity index (χ2n) is 7.39. The fourth-order valence-electron chi connectivity index (χ4n) is 3.48. The van der Waals surface area contributed by atoms with Crippen molar-refractivity contribution < 1.29 is 22.4 Å². The van der Waals surface area contributed by atoms with E-state index in [0.717, 1.165) is 18.5 Å². The van der Waals surface area contributed by atoms with Crippen LogP contribution in [0.25, 0.3) is 0 Å². The summed E-state index contributed by atoms with van der Waals surface area (Å²) in [4.78, 5) is 21.8. The standard InChI is InChI=1S/C21H18F4N6O/c1-12-6-18(20(32)28-8-13-2-4-26-10-16(13)22)29-30-19(12)31-5-3-17-14(11-31)7-15(9-27-17)21(23,24)25/h2,4,6-7,9-10H,3,5,8,11H2,1H3,(H,28,32). The van der Waals surface area contributed by atoms with Gasteiger partial charge in [0, 0.05) is 49.7 Å². The molecule has 1 aliphatic rings. The minimum absolute atomic E-state index is 0.0346. The van der Waals surface area contributed by atoms with Crippen molar-refractivity contribution in [2.24, 2.45) is 0 Å². The Morgan fingerprint density at radius 1 is 1.22 bits per heavy atom. The summed E-state index contributed by atoms with van der Waals surface area (Å²) >= 11 is 0. The maximum absolute atomic E-state index is 13.6. The number of nitrogens with zero attached hydrogens (tertiary/aromatic N) is 5. The van der Waals surface area contributed by atoms with E-state index < -0.39 is 23.5 Å². The molecule has 0 radical (unpaired) electrons. The van der Waals surface area contributed by atoms with Crippen LogP contribution in [0.3, 0.4) is 0 Å². The summed E-state index contributed by atoms with van der Waals surface area (Å²) < 4.78 is 52.7. The molecule has 3 aromatic heterocycles. The Labute approximate surface area is 180 Å². The fraction of sp³-hybridized carbons (Fsp3) is 0.286. The van der Waals surface area contributed by atoms with Gasteiger partial charge in [-0.1, -0.05) is 0 Å². The van der Waals surface area contributed by atoms with Crippen LogP contribution in [0, 0.1) is 12.7 Å². The van der Waals surface area contributed by atoms with Crippen LogP contribution in [0.4, 0.5) is 23.4 Å². The van der Waals surface area contributed by atoms with Gasteiger partial charge in [0.2, 0.25) is 0 Å². The lowest BCUT2D eigenvalue weighted by molar-refractivity contribution is -0.137. The van der Waals surface area contributed by atoms with Crippen LogP contribution in [0.1, 0.15) is 38.4 Å². The van der Waals surface area contributed by atoms with Gasteiger partial charge in [0.05, 0.1) is 11.8 Å². The molecule has 3 aromatic rings. The van der Waals surface area contributed by atoms with Gasteiger partial charge in [-0.25, -0.2) is 4.39 Å². The summed E-state index contributed by atoms with van der Waals surface area (Å²) in [5.41, 5.74) is 1.29. The molecule has 0 aromatic carbocycles. The lowest BCUT2D eigenvalue weighted by atomic mass is 10.0. The maximum atomic E-state index is 13.6. The molecule has 32 heavy (non-hydrogen) atoms. The Balaban J connectivity index is 1.48. The van der Waals surface area contributed by atoms with E-state index in [1.807, 2.05) is 0 Å². The molecular formula is C21H18F4N6O. The van der Waals surface area contributed by atoms with Crippen molar-refractivity contribution in [3.63, 3.8) is 0 Å². The Kier molecular flexibility index (Phi) is 5.72. The quantitative estimate of drug-likeness (QED) is 0.620. The largest absolute Gasteiger partial charge is 0.417 e. The Morgan fingerprint density at radius 3 is 2.75 bits per heavy atom. The summed E-state index contributed by atoms with van der Waals surface area (Å²) in [7, 11) is 0. The lowest BCUT2D eigenvalue weighted by Crippen LogP contribution is -2.33. The van der Waals surface area contributed by atoms with Gasteiger partial charge >= 0.3 is 6.18 Å². The second-order valence-corrected chi connectivity index (χ2v) is 7.39. The SMILES string of the molecule is Cc1cc(C(=O)NCc2ccncc2F)nnc1N1CCc2ncc(C(F)(F)F)cc2C1. The number of rotatable bonds is 4. The highest BCUT2D eigenvalue weighted by atomic mass is 19.4. The van der Waals surface area contributed by atoms with Gasteiger partial charge in [-0.15, -0.1) is 10.2 Å². The van der Waals surface area contributed by atoms with Gasteiger partial charge < -0.3 is 10.2 Å². The fourth-order valence-corrected chi connectivity index (χ4v) is 3.48. The summed E-state index contributed by atoms with van der Waals surface area (Å²) in [5.74, 6) is -0.574. The number of hydrogen-bond donors (Lipinski definition) is 1. The molecule has 7 nitrogen and oxygen atoms in total. The number of aromatic nitrogens is 4. The van der Waals surface area contributed by atoms with E-state index in [1.165, 1.54) is 12.3 Å². The molecule has 11 heteroatoms. The predicted molar refractivity (Wildman–Crippen MR) is 106 cm³/mol. The minimum Gasteiger partial charge on any atom is -0.350 e. The third-order valence-electron chi connectivity index (χ3n) is 5.15. The Hall–Kier alpha value is -3.63. The van der Waals surface area contributed by atoms with E-state index in [-0.39, 0.29) is 24.3 Å². The van der Waals surface area contributed by atoms with Crippen molar-refractivity contribution in [2.45, 2.75) is 32.6 Å². The topological polar surface area (TPSA) is 83.9 Å². The van der Waals surface area contributed by atoms with Gasteiger partial charge in [0.1, 0.15) is 5.82 Å². The minimum atomic E-state index is -4.46. The highest BCUT2D eigenvalue weighted by molar-refractivity contribution is 5.92. The zero-order valence-electron chi connectivity index (χ0n) is 16.9. The van der Waals surface area contributed by atoms with Gasteiger partial charge in [-0.2, -0.15) is 13.2 Å². The van der Waals surface area contributed by atoms with Crippen molar-refractivity contribution in [3.05, 3.63) is 76.2 Å². The van der Waals surface area contributed by atoms with E-state index in [4.69, 9.17) is 0 Å². The predicted octanol–water partition coefficient (Wildman–Crippen LogP) is 3.23. The second kappa shape index (κ2) is 8.48. The van der Waals surface area contributed by atoms with Gasteiger partial charge in [0.25, 0.3) is 5.91 Å². The highest BCUT2D eigenvalue weighted by Crippen LogP contribution is 2.32. The molecule has 166 valence electrons. The van der Waals surface area contributed by atoms with Crippen molar-refractivity contribution in [3.8, 4) is 0 Å². The zero-order chi connectivity index (χ0) is 22.9. The molecule has 4 rings (SSSR count). The smallest absolute Gasteiger partial charge is 0.350 e. The van der Waals surface area contributed by atoms with Crippen LogP contribution in [0.15, 0.2) is 36.8 Å². The van der Waals surface area contributed by atoms with E-state index in [1.54, 1.807) is 17.9 Å². The molecule has 0 saturated heterocycles. The molecule has 1 N–H and O–H groups in total. The lowest BCUT2D eigenvalue weighted by Gasteiger charge is -2.30. The average Bonchev–Trinajstić information content (AvgIpc) is 2.77. The molecule has 0 saturated carbocycles. The van der Waals surface area contributed by atoms with E-state index in [9.17, 15) is 22.4 Å². The molecule has 0 bridgehead atoms. The summed E-state index contributed by atoms with van der Waals surface area (Å²) in [6, 6.07) is 4.11. The third-order valence-corrected chi connectivity index (χ3v) is 5.15. The molecule has 0 unspecified atom stereocenters. The van der Waals surface area contributed by atoms with Crippen LogP contribution in [-0.4, -0.2) is 32.6 Å². The highest BCUT2D eigenvalue weighted by Gasteiger charge is 2.32. The molecular weight excluding hydrogens is 428 g/mol. The number of nitrogens with one attached hydrogen (secondary N) is 1. The molecule has 4 heterocycles. The van der Waals surface area contributed by atoms with E-state index in [2.05, 4.69) is 25.5 Å². The number of carbonyl (C=O) groups is 1. The van der Waals surface area contributed by atoms with E-state index in [0.29, 0.717) is 35.6 Å². The number of alkyl halides is 3. The van der Waals surface area contributed by atoms with Crippen LogP contribution in [0.5, 0.6) is 0 Å². The summed E-state index contributed by atoms with van der Waals surface area (Å²) in [5, 5.41) is 10.7. The summed E-state index contributed by atoms with van der Waals surface area (Å²) in [6.45, 7) is 2.42. The van der Waals surface area contributed by atoms with Gasteiger partial charge in [-0.05, 0) is 36.2 Å². The van der Waals surface area contributed by atoms with Crippen molar-refractivity contribution >= 4 is 11.7 Å². The van der Waals surface area contributed by atoms with E-state index >= 15 is 0 Å².